The second-order valence-corrected chi connectivity index (χ2v) is 7.38. The normalized spacial score (nSPS) is 21.6. The van der Waals surface area contributed by atoms with Gasteiger partial charge in [0, 0.05) is 0 Å². The number of nitrogens with zero attached hydrogens (tertiary/aromatic N) is 1. The van der Waals surface area contributed by atoms with Crippen LogP contribution in [0.1, 0.15) is 53.9 Å². The molecular formula is C16H26F4N2O3. The van der Waals surface area contributed by atoms with Crippen molar-refractivity contribution < 1.29 is 31.9 Å². The minimum absolute atomic E-state index is 0.0621. The van der Waals surface area contributed by atoms with Gasteiger partial charge in [-0.25, -0.2) is 4.79 Å². The van der Waals surface area contributed by atoms with E-state index in [1.54, 1.807) is 34.6 Å². The predicted molar refractivity (Wildman–Crippen MR) is 83.8 cm³/mol. The summed E-state index contributed by atoms with van der Waals surface area (Å²) in [6, 6.07) is 0. The van der Waals surface area contributed by atoms with Gasteiger partial charge >= 0.3 is 17.9 Å². The van der Waals surface area contributed by atoms with Crippen molar-refractivity contribution in [3.63, 3.8) is 0 Å². The van der Waals surface area contributed by atoms with E-state index in [2.05, 4.69) is 5.32 Å². The standard InChI is InChI=1S/C16H26F4N2O3/c1-6-8-14(7-2,21-12(24)25-13(3,4)5)11(23)22-9-15(17,18)16(19,20)10-22/h6-10H2,1-5H3,(H,21,24). The van der Waals surface area contributed by atoms with Crippen LogP contribution in [0.3, 0.4) is 0 Å². The Morgan fingerprint density at radius 3 is 1.92 bits per heavy atom. The molecule has 0 bridgehead atoms. The van der Waals surface area contributed by atoms with Gasteiger partial charge in [-0.3, -0.25) is 4.79 Å². The van der Waals surface area contributed by atoms with E-state index in [9.17, 15) is 27.2 Å². The molecule has 25 heavy (non-hydrogen) atoms. The Morgan fingerprint density at radius 2 is 1.56 bits per heavy atom. The van der Waals surface area contributed by atoms with Crippen molar-refractivity contribution in [3.8, 4) is 0 Å². The van der Waals surface area contributed by atoms with Gasteiger partial charge in [0.25, 0.3) is 0 Å². The van der Waals surface area contributed by atoms with Crippen LogP contribution in [-0.4, -0.2) is 53.0 Å². The molecule has 1 saturated heterocycles. The van der Waals surface area contributed by atoms with E-state index in [0.29, 0.717) is 11.3 Å². The second kappa shape index (κ2) is 6.99. The molecule has 5 nitrogen and oxygen atoms in total. The molecule has 0 saturated carbocycles. The molecule has 146 valence electrons. The molecule has 1 N–H and O–H groups in total. The lowest BCUT2D eigenvalue weighted by Gasteiger charge is -2.36. The highest BCUT2D eigenvalue weighted by atomic mass is 19.3. The number of carbonyl (C=O) groups is 2. The highest BCUT2D eigenvalue weighted by Crippen LogP contribution is 2.42. The van der Waals surface area contributed by atoms with E-state index in [4.69, 9.17) is 4.74 Å². The van der Waals surface area contributed by atoms with Gasteiger partial charge in [-0.15, -0.1) is 0 Å². The quantitative estimate of drug-likeness (QED) is 0.753. The van der Waals surface area contributed by atoms with E-state index in [0.717, 1.165) is 0 Å². The summed E-state index contributed by atoms with van der Waals surface area (Å²) in [5.74, 6) is -9.53. The third kappa shape index (κ3) is 4.76. The molecule has 1 atom stereocenters. The number of alkyl halides is 4. The maximum Gasteiger partial charge on any atom is 0.408 e. The Hall–Kier alpha value is -1.54. The zero-order chi connectivity index (χ0) is 19.7. The van der Waals surface area contributed by atoms with Crippen LogP contribution in [0.15, 0.2) is 0 Å². The van der Waals surface area contributed by atoms with Crippen molar-refractivity contribution in [2.75, 3.05) is 13.1 Å². The SMILES string of the molecule is CCCC(CC)(NC(=O)OC(C)(C)C)C(=O)N1CC(F)(F)C(F)(F)C1. The molecule has 2 amide bonds. The molecule has 0 aromatic rings. The average molecular weight is 370 g/mol. The van der Waals surface area contributed by atoms with Gasteiger partial charge in [0.05, 0.1) is 13.1 Å². The van der Waals surface area contributed by atoms with Gasteiger partial charge in [-0.1, -0.05) is 20.3 Å². The molecule has 1 unspecified atom stereocenters. The number of nitrogens with one attached hydrogen (secondary N) is 1. The van der Waals surface area contributed by atoms with E-state index in [1.165, 1.54) is 0 Å². The van der Waals surface area contributed by atoms with Crippen LogP contribution in [0, 0.1) is 0 Å². The number of hydrogen-bond acceptors (Lipinski definition) is 3. The van der Waals surface area contributed by atoms with E-state index < -0.39 is 48.1 Å². The zero-order valence-electron chi connectivity index (χ0n) is 15.2. The van der Waals surface area contributed by atoms with E-state index in [-0.39, 0.29) is 12.8 Å². The first-order chi connectivity index (χ1) is 11.2. The maximum absolute atomic E-state index is 13.4. The molecule has 1 aliphatic rings. The fraction of sp³-hybridized carbons (Fsp3) is 0.875. The first-order valence-corrected chi connectivity index (χ1v) is 8.26. The number of rotatable bonds is 5. The van der Waals surface area contributed by atoms with Gasteiger partial charge in [0.1, 0.15) is 11.1 Å². The first kappa shape index (κ1) is 21.5. The molecular weight excluding hydrogens is 344 g/mol. The Bertz CT molecular complexity index is 504. The van der Waals surface area contributed by atoms with E-state index in [1.807, 2.05) is 0 Å². The van der Waals surface area contributed by atoms with Gasteiger partial charge in [0.2, 0.25) is 5.91 Å². The molecule has 1 aliphatic heterocycles. The molecule has 0 spiro atoms. The number of amides is 2. The fourth-order valence-corrected chi connectivity index (χ4v) is 2.78. The molecule has 0 radical (unpaired) electrons. The summed E-state index contributed by atoms with van der Waals surface area (Å²) in [6.07, 6.45) is -0.272. The molecule has 1 heterocycles. The molecule has 0 aliphatic carbocycles. The van der Waals surface area contributed by atoms with Gasteiger partial charge < -0.3 is 15.0 Å². The molecule has 1 fully saturated rings. The van der Waals surface area contributed by atoms with Crippen molar-refractivity contribution in [2.24, 2.45) is 0 Å². The van der Waals surface area contributed by atoms with Crippen molar-refractivity contribution in [1.82, 2.24) is 10.2 Å². The lowest BCUT2D eigenvalue weighted by atomic mass is 9.89. The van der Waals surface area contributed by atoms with Gasteiger partial charge in [-0.05, 0) is 33.6 Å². The number of likely N-dealkylation sites (tertiary alicyclic amines) is 1. The van der Waals surface area contributed by atoms with Crippen LogP contribution < -0.4 is 5.32 Å². The summed E-state index contributed by atoms with van der Waals surface area (Å²) in [6.45, 7) is 5.45. The summed E-state index contributed by atoms with van der Waals surface area (Å²) in [4.78, 5) is 25.3. The summed E-state index contributed by atoms with van der Waals surface area (Å²) < 4.78 is 58.9. The number of alkyl carbamates (subject to hydrolysis) is 1. The predicted octanol–water partition coefficient (Wildman–Crippen LogP) is 3.57. The lowest BCUT2D eigenvalue weighted by molar-refractivity contribution is -0.172. The number of ether oxygens (including phenoxy) is 1. The van der Waals surface area contributed by atoms with Crippen LogP contribution in [0.25, 0.3) is 0 Å². The maximum atomic E-state index is 13.4. The molecule has 0 aromatic heterocycles. The van der Waals surface area contributed by atoms with Crippen molar-refractivity contribution in [2.45, 2.75) is 76.9 Å². The Morgan fingerprint density at radius 1 is 1.08 bits per heavy atom. The second-order valence-electron chi connectivity index (χ2n) is 7.38. The Balaban J connectivity index is 3.05. The topological polar surface area (TPSA) is 58.6 Å². The first-order valence-electron chi connectivity index (χ1n) is 8.26. The van der Waals surface area contributed by atoms with Crippen LogP contribution >= 0.6 is 0 Å². The molecule has 0 aromatic carbocycles. The van der Waals surface area contributed by atoms with Crippen LogP contribution in [0.4, 0.5) is 22.4 Å². The smallest absolute Gasteiger partial charge is 0.408 e. The van der Waals surface area contributed by atoms with Crippen molar-refractivity contribution >= 4 is 12.0 Å². The van der Waals surface area contributed by atoms with Gasteiger partial charge in [0.15, 0.2) is 0 Å². The molecule has 9 heteroatoms. The minimum Gasteiger partial charge on any atom is -0.444 e. The average Bonchev–Trinajstić information content (AvgIpc) is 2.63. The summed E-state index contributed by atoms with van der Waals surface area (Å²) >= 11 is 0. The summed E-state index contributed by atoms with van der Waals surface area (Å²) in [5, 5.41) is 2.43. The third-order valence-corrected chi connectivity index (χ3v) is 4.03. The highest BCUT2D eigenvalue weighted by molar-refractivity contribution is 5.90. The minimum atomic E-state index is -4.29. The fourth-order valence-electron chi connectivity index (χ4n) is 2.78. The zero-order valence-corrected chi connectivity index (χ0v) is 15.2. The number of halogens is 4. The summed E-state index contributed by atoms with van der Waals surface area (Å²) in [5.41, 5.74) is -2.39. The highest BCUT2D eigenvalue weighted by Gasteiger charge is 2.65. The van der Waals surface area contributed by atoms with Crippen molar-refractivity contribution in [1.29, 1.82) is 0 Å². The third-order valence-electron chi connectivity index (χ3n) is 4.03. The van der Waals surface area contributed by atoms with E-state index >= 15 is 0 Å². The lowest BCUT2D eigenvalue weighted by Crippen LogP contribution is -2.60. The Kier molecular flexibility index (Phi) is 6.01. The number of carbonyl (C=O) groups excluding carboxylic acids is 2. The molecule has 1 rings (SSSR count). The Labute approximate surface area is 145 Å². The van der Waals surface area contributed by atoms with Crippen LogP contribution in [-0.2, 0) is 9.53 Å². The largest absolute Gasteiger partial charge is 0.444 e. The number of hydrogen-bond donors (Lipinski definition) is 1. The summed E-state index contributed by atoms with van der Waals surface area (Å²) in [7, 11) is 0. The van der Waals surface area contributed by atoms with Crippen LogP contribution in [0.5, 0.6) is 0 Å². The van der Waals surface area contributed by atoms with Crippen molar-refractivity contribution in [3.05, 3.63) is 0 Å². The van der Waals surface area contributed by atoms with Gasteiger partial charge in [-0.2, -0.15) is 17.6 Å². The monoisotopic (exact) mass is 370 g/mol. The van der Waals surface area contributed by atoms with Crippen LogP contribution in [0.2, 0.25) is 0 Å².